The lowest BCUT2D eigenvalue weighted by Crippen LogP contribution is -2.36. The Morgan fingerprint density at radius 2 is 2.19 bits per heavy atom. The van der Waals surface area contributed by atoms with E-state index in [9.17, 15) is 0 Å². The van der Waals surface area contributed by atoms with E-state index in [2.05, 4.69) is 33.1 Å². The van der Waals surface area contributed by atoms with Crippen LogP contribution in [0, 0.1) is 11.3 Å². The number of rotatable bonds is 6. The molecule has 2 fully saturated rings. The Hall–Kier alpha value is -1.76. The highest BCUT2D eigenvalue weighted by molar-refractivity contribution is 5.07. The van der Waals surface area contributed by atoms with E-state index in [1.165, 1.54) is 25.1 Å². The lowest BCUT2D eigenvalue weighted by Gasteiger charge is -2.30. The Morgan fingerprint density at radius 3 is 2.96 bits per heavy atom. The third-order valence-electron chi connectivity index (χ3n) is 5.91. The Morgan fingerprint density at radius 1 is 1.27 bits per heavy atom. The maximum atomic E-state index is 6.07. The third-order valence-corrected chi connectivity index (χ3v) is 5.91. The van der Waals surface area contributed by atoms with Gasteiger partial charge in [-0.15, -0.1) is 0 Å². The van der Waals surface area contributed by atoms with Crippen LogP contribution in [0.4, 0.5) is 0 Å². The van der Waals surface area contributed by atoms with Gasteiger partial charge >= 0.3 is 0 Å². The quantitative estimate of drug-likeness (QED) is 0.791. The first-order valence-electron chi connectivity index (χ1n) is 9.49. The van der Waals surface area contributed by atoms with Gasteiger partial charge in [-0.05, 0) is 32.1 Å². The molecule has 0 amide bonds. The van der Waals surface area contributed by atoms with Crippen LogP contribution >= 0.6 is 0 Å². The Kier molecular flexibility index (Phi) is 5.07. The second kappa shape index (κ2) is 7.47. The molecule has 4 heterocycles. The van der Waals surface area contributed by atoms with Crippen LogP contribution in [0.15, 0.2) is 36.8 Å². The predicted octanol–water partition coefficient (Wildman–Crippen LogP) is 1.79. The van der Waals surface area contributed by atoms with E-state index in [1.54, 1.807) is 0 Å². The fourth-order valence-corrected chi connectivity index (χ4v) is 4.71. The predicted molar refractivity (Wildman–Crippen MR) is 100 cm³/mol. The second-order valence-corrected chi connectivity index (χ2v) is 8.08. The Labute approximate surface area is 155 Å². The van der Waals surface area contributed by atoms with Gasteiger partial charge in [0.2, 0.25) is 0 Å². The highest BCUT2D eigenvalue weighted by Crippen LogP contribution is 2.43. The first-order valence-corrected chi connectivity index (χ1v) is 9.49. The number of hydrogen-bond donors (Lipinski definition) is 0. The van der Waals surface area contributed by atoms with Gasteiger partial charge in [0, 0.05) is 62.5 Å². The molecule has 0 radical (unpaired) electrons. The number of hydrogen-bond acceptors (Lipinski definition) is 5. The summed E-state index contributed by atoms with van der Waals surface area (Å²) >= 11 is 0. The average molecular weight is 355 g/mol. The zero-order valence-electron chi connectivity index (χ0n) is 15.8. The molecule has 0 bridgehead atoms. The summed E-state index contributed by atoms with van der Waals surface area (Å²) in [5.41, 5.74) is 2.68. The summed E-state index contributed by atoms with van der Waals surface area (Å²) in [6.07, 6.45) is 7.20. The molecule has 140 valence electrons. The van der Waals surface area contributed by atoms with E-state index in [1.807, 2.05) is 42.3 Å². The fraction of sp³-hybridized carbons (Fsp3) is 0.600. The SMILES string of the molecule is CN1C[C@@H](COCc2ccccn2)[C@]2(CCN(Cc3cnn(C)c3)C2)C1. The van der Waals surface area contributed by atoms with Gasteiger partial charge < -0.3 is 9.64 Å². The zero-order chi connectivity index (χ0) is 18.0. The van der Waals surface area contributed by atoms with Crippen LogP contribution in [0.5, 0.6) is 0 Å². The summed E-state index contributed by atoms with van der Waals surface area (Å²) in [6.45, 7) is 7.05. The number of likely N-dealkylation sites (tertiary alicyclic amines) is 2. The maximum absolute atomic E-state index is 6.07. The first-order chi connectivity index (χ1) is 12.6. The number of aryl methyl sites for hydroxylation is 1. The largest absolute Gasteiger partial charge is 0.375 e. The molecule has 0 aromatic carbocycles. The average Bonchev–Trinajstić information content (AvgIpc) is 3.30. The van der Waals surface area contributed by atoms with E-state index < -0.39 is 0 Å². The number of aromatic nitrogens is 3. The molecule has 6 heteroatoms. The minimum Gasteiger partial charge on any atom is -0.375 e. The topological polar surface area (TPSA) is 46.4 Å². The summed E-state index contributed by atoms with van der Waals surface area (Å²) in [5, 5.41) is 4.30. The van der Waals surface area contributed by atoms with Gasteiger partial charge in [0.05, 0.1) is 25.1 Å². The third kappa shape index (κ3) is 3.82. The van der Waals surface area contributed by atoms with Crippen LogP contribution in [-0.2, 0) is 24.9 Å². The summed E-state index contributed by atoms with van der Waals surface area (Å²) in [6, 6.07) is 5.99. The molecule has 26 heavy (non-hydrogen) atoms. The van der Waals surface area contributed by atoms with Gasteiger partial charge in [-0.3, -0.25) is 14.6 Å². The molecule has 2 aliphatic rings. The van der Waals surface area contributed by atoms with Gasteiger partial charge in [0.25, 0.3) is 0 Å². The minimum absolute atomic E-state index is 0.362. The summed E-state index contributed by atoms with van der Waals surface area (Å²) in [5.74, 6) is 0.593. The lowest BCUT2D eigenvalue weighted by molar-refractivity contribution is 0.0501. The van der Waals surface area contributed by atoms with Gasteiger partial charge in [-0.2, -0.15) is 5.10 Å². The summed E-state index contributed by atoms with van der Waals surface area (Å²) in [4.78, 5) is 9.42. The van der Waals surface area contributed by atoms with Crippen LogP contribution in [0.2, 0.25) is 0 Å². The lowest BCUT2D eigenvalue weighted by atomic mass is 9.77. The van der Waals surface area contributed by atoms with Gasteiger partial charge in [0.15, 0.2) is 0 Å². The van der Waals surface area contributed by atoms with E-state index in [0.29, 0.717) is 17.9 Å². The number of ether oxygens (including phenoxy) is 1. The van der Waals surface area contributed by atoms with Gasteiger partial charge in [-0.25, -0.2) is 0 Å². The van der Waals surface area contributed by atoms with E-state index in [4.69, 9.17) is 4.74 Å². The molecule has 0 N–H and O–H groups in total. The van der Waals surface area contributed by atoms with Crippen molar-refractivity contribution in [3.8, 4) is 0 Å². The van der Waals surface area contributed by atoms with Crippen LogP contribution < -0.4 is 0 Å². The van der Waals surface area contributed by atoms with Crippen LogP contribution in [-0.4, -0.2) is 64.4 Å². The highest BCUT2D eigenvalue weighted by Gasteiger charge is 2.49. The molecular weight excluding hydrogens is 326 g/mol. The molecule has 4 rings (SSSR count). The molecule has 6 nitrogen and oxygen atoms in total. The second-order valence-electron chi connectivity index (χ2n) is 8.08. The summed E-state index contributed by atoms with van der Waals surface area (Å²) in [7, 11) is 4.22. The monoisotopic (exact) mass is 355 g/mol. The standard InChI is InChI=1S/C20H29N5O/c1-23-12-18(13-26-14-19-5-3-4-7-21-19)20(15-23)6-8-25(16-20)11-17-9-22-24(2)10-17/h3-5,7,9-10,18H,6,8,11-16H2,1-2H3/t18-,20+/m0/s1. The molecule has 0 unspecified atom stereocenters. The van der Waals surface area contributed by atoms with Crippen LogP contribution in [0.3, 0.4) is 0 Å². The van der Waals surface area contributed by atoms with Crippen molar-refractivity contribution < 1.29 is 4.74 Å². The van der Waals surface area contributed by atoms with Crippen LogP contribution in [0.25, 0.3) is 0 Å². The molecular formula is C20H29N5O. The molecule has 2 atom stereocenters. The highest BCUT2D eigenvalue weighted by atomic mass is 16.5. The molecule has 0 saturated carbocycles. The van der Waals surface area contributed by atoms with E-state index in [0.717, 1.165) is 31.9 Å². The molecule has 2 saturated heterocycles. The maximum Gasteiger partial charge on any atom is 0.0887 e. The number of nitrogens with zero attached hydrogens (tertiary/aromatic N) is 5. The summed E-state index contributed by atoms with van der Waals surface area (Å²) < 4.78 is 7.96. The van der Waals surface area contributed by atoms with Crippen LogP contribution in [0.1, 0.15) is 17.7 Å². The van der Waals surface area contributed by atoms with Crippen molar-refractivity contribution in [1.82, 2.24) is 24.6 Å². The van der Waals surface area contributed by atoms with Gasteiger partial charge in [-0.1, -0.05) is 6.07 Å². The van der Waals surface area contributed by atoms with E-state index in [-0.39, 0.29) is 0 Å². The van der Waals surface area contributed by atoms with Crippen molar-refractivity contribution >= 4 is 0 Å². The molecule has 2 aromatic heterocycles. The fourth-order valence-electron chi connectivity index (χ4n) is 4.71. The molecule has 0 aliphatic carbocycles. The Balaban J connectivity index is 1.35. The Bertz CT molecular complexity index is 718. The van der Waals surface area contributed by atoms with Crippen molar-refractivity contribution in [3.63, 3.8) is 0 Å². The zero-order valence-corrected chi connectivity index (χ0v) is 15.8. The molecule has 1 spiro atoms. The van der Waals surface area contributed by atoms with Crippen molar-refractivity contribution in [2.24, 2.45) is 18.4 Å². The van der Waals surface area contributed by atoms with Crippen molar-refractivity contribution in [3.05, 3.63) is 48.0 Å². The normalized spacial score (nSPS) is 26.9. The molecule has 2 aliphatic heterocycles. The smallest absolute Gasteiger partial charge is 0.0887 e. The number of pyridine rings is 1. The van der Waals surface area contributed by atoms with Crippen molar-refractivity contribution in [2.45, 2.75) is 19.6 Å². The van der Waals surface area contributed by atoms with Gasteiger partial charge in [0.1, 0.15) is 0 Å². The first kappa shape index (κ1) is 17.6. The van der Waals surface area contributed by atoms with Crippen molar-refractivity contribution in [1.29, 1.82) is 0 Å². The molecule has 2 aromatic rings. The minimum atomic E-state index is 0.362. The van der Waals surface area contributed by atoms with E-state index >= 15 is 0 Å². The van der Waals surface area contributed by atoms with Crippen molar-refractivity contribution in [2.75, 3.05) is 39.8 Å².